The van der Waals surface area contributed by atoms with Crippen LogP contribution in [-0.4, -0.2) is 11.8 Å². The summed E-state index contributed by atoms with van der Waals surface area (Å²) in [5.41, 5.74) is 10.1. The van der Waals surface area contributed by atoms with E-state index in [4.69, 9.17) is 0 Å². The van der Waals surface area contributed by atoms with Crippen molar-refractivity contribution >= 4 is 27.3 Å². The van der Waals surface area contributed by atoms with Crippen molar-refractivity contribution < 1.29 is 4.79 Å². The molecule has 0 bridgehead atoms. The van der Waals surface area contributed by atoms with E-state index in [0.29, 0.717) is 12.0 Å². The molecule has 0 saturated heterocycles. The summed E-state index contributed by atoms with van der Waals surface area (Å²) in [7, 11) is 0. The topological polar surface area (TPSA) is 65.8 Å². The van der Waals surface area contributed by atoms with Crippen molar-refractivity contribution in [1.29, 1.82) is 0 Å². The number of nitrogens with zero attached hydrogens (tertiary/aromatic N) is 3. The number of rotatable bonds is 4. The molecule has 1 fully saturated rings. The third-order valence-electron chi connectivity index (χ3n) is 6.74. The van der Waals surface area contributed by atoms with Gasteiger partial charge in [-0.25, -0.2) is 0 Å². The van der Waals surface area contributed by atoms with Crippen molar-refractivity contribution in [1.82, 2.24) is 0 Å². The highest BCUT2D eigenvalue weighted by atomic mass is 16.1. The molecular formula is C27H23N3O. The zero-order valence-corrected chi connectivity index (χ0v) is 17.2. The van der Waals surface area contributed by atoms with Crippen LogP contribution in [0.3, 0.4) is 0 Å². The first-order valence-corrected chi connectivity index (χ1v) is 10.8. The lowest BCUT2D eigenvalue weighted by Crippen LogP contribution is -2.48. The molecule has 152 valence electrons. The molecule has 1 aliphatic rings. The summed E-state index contributed by atoms with van der Waals surface area (Å²) in [4.78, 5) is 17.3. The molecule has 1 aliphatic carbocycles. The lowest BCUT2D eigenvalue weighted by atomic mass is 9.62. The van der Waals surface area contributed by atoms with E-state index in [1.165, 1.54) is 0 Å². The summed E-state index contributed by atoms with van der Waals surface area (Å²) in [6.07, 6.45) is 3.30. The van der Waals surface area contributed by atoms with Gasteiger partial charge in [-0.2, -0.15) is 0 Å². The van der Waals surface area contributed by atoms with E-state index < -0.39 is 11.5 Å². The second kappa shape index (κ2) is 7.90. The molecule has 5 rings (SSSR count). The van der Waals surface area contributed by atoms with Crippen molar-refractivity contribution in [2.24, 2.45) is 5.11 Å². The van der Waals surface area contributed by atoms with Gasteiger partial charge >= 0.3 is 0 Å². The quantitative estimate of drug-likeness (QED) is 0.151. The molecule has 4 heteroatoms. The van der Waals surface area contributed by atoms with Gasteiger partial charge in [0, 0.05) is 10.5 Å². The maximum absolute atomic E-state index is 14.2. The third kappa shape index (κ3) is 3.26. The average Bonchev–Trinajstić information content (AvgIpc) is 2.83. The predicted molar refractivity (Wildman–Crippen MR) is 125 cm³/mol. The Bertz CT molecular complexity index is 1340. The highest BCUT2D eigenvalue weighted by Crippen LogP contribution is 2.45. The fraction of sp³-hybridized carbons (Fsp3) is 0.222. The van der Waals surface area contributed by atoms with Crippen LogP contribution in [0.1, 0.15) is 41.6 Å². The molecule has 4 nitrogen and oxygen atoms in total. The molecule has 0 spiro atoms. The average molecular weight is 406 g/mol. The second-order valence-corrected chi connectivity index (χ2v) is 8.39. The molecule has 0 radical (unpaired) electrons. The Morgan fingerprint density at radius 3 is 2.19 bits per heavy atom. The number of carbonyl (C=O) groups is 1. The molecule has 4 aromatic carbocycles. The fourth-order valence-electron chi connectivity index (χ4n) is 5.16. The van der Waals surface area contributed by atoms with Crippen molar-refractivity contribution in [3.05, 3.63) is 106 Å². The van der Waals surface area contributed by atoms with Gasteiger partial charge in [0.25, 0.3) is 0 Å². The number of hydrogen-bond donors (Lipinski definition) is 0. The molecule has 0 aromatic heterocycles. The number of Topliss-reactive ketones (excluding diaryl/α,β-unsaturated/α-hetero) is 1. The first kappa shape index (κ1) is 19.3. The van der Waals surface area contributed by atoms with Gasteiger partial charge in [-0.1, -0.05) is 96.8 Å². The summed E-state index contributed by atoms with van der Waals surface area (Å²) in [6, 6.07) is 27.9. The van der Waals surface area contributed by atoms with Crippen molar-refractivity contribution in [2.75, 3.05) is 0 Å². The molecular weight excluding hydrogens is 382 g/mol. The van der Waals surface area contributed by atoms with E-state index in [1.807, 2.05) is 60.7 Å². The monoisotopic (exact) mass is 405 g/mol. The first-order chi connectivity index (χ1) is 15.2. The summed E-state index contributed by atoms with van der Waals surface area (Å²) in [6.45, 7) is 0. The molecule has 2 atom stereocenters. The Hall–Kier alpha value is -3.62. The SMILES string of the molecule is [N-]=[N+]=N[C@H]1CCCC[C@]1(C(=O)c1ccc2ccccc2c1)c1ccc2ccccc2c1. The maximum atomic E-state index is 14.2. The molecule has 0 N–H and O–H groups in total. The van der Waals surface area contributed by atoms with Gasteiger partial charge in [-0.3, -0.25) is 4.79 Å². The summed E-state index contributed by atoms with van der Waals surface area (Å²) < 4.78 is 0. The second-order valence-electron chi connectivity index (χ2n) is 8.39. The maximum Gasteiger partial charge on any atom is 0.173 e. The number of carbonyl (C=O) groups excluding carboxylic acids is 1. The summed E-state index contributed by atoms with van der Waals surface area (Å²) >= 11 is 0. The lowest BCUT2D eigenvalue weighted by molar-refractivity contribution is 0.0813. The zero-order chi connectivity index (χ0) is 21.3. The fourth-order valence-corrected chi connectivity index (χ4v) is 5.16. The van der Waals surface area contributed by atoms with Crippen LogP contribution < -0.4 is 0 Å². The lowest BCUT2D eigenvalue weighted by Gasteiger charge is -2.41. The van der Waals surface area contributed by atoms with Crippen LogP contribution in [0.25, 0.3) is 32.0 Å². The smallest absolute Gasteiger partial charge is 0.173 e. The Balaban J connectivity index is 1.72. The first-order valence-electron chi connectivity index (χ1n) is 10.8. The van der Waals surface area contributed by atoms with E-state index >= 15 is 0 Å². The van der Waals surface area contributed by atoms with Crippen LogP contribution in [-0.2, 0) is 5.41 Å². The van der Waals surface area contributed by atoms with Crippen LogP contribution in [0.15, 0.2) is 90.0 Å². The van der Waals surface area contributed by atoms with Crippen LogP contribution >= 0.6 is 0 Å². The Morgan fingerprint density at radius 1 is 0.839 bits per heavy atom. The minimum Gasteiger partial charge on any atom is -0.293 e. The van der Waals surface area contributed by atoms with Gasteiger partial charge < -0.3 is 0 Å². The number of azide groups is 1. The third-order valence-corrected chi connectivity index (χ3v) is 6.74. The molecule has 0 amide bonds. The standard InChI is InChI=1S/C27H23N3O/c28-30-29-25-11-5-6-16-27(25,24-15-14-20-8-2-4-10-22(20)18-24)26(31)23-13-12-19-7-1-3-9-21(19)17-23/h1-4,7-10,12-15,17-18,25H,5-6,11,16H2/t25-,27-/m0/s1. The minimum absolute atomic E-state index is 0.0469. The Labute approximate surface area is 181 Å². The molecule has 31 heavy (non-hydrogen) atoms. The highest BCUT2D eigenvalue weighted by Gasteiger charge is 2.48. The van der Waals surface area contributed by atoms with Gasteiger partial charge in [-0.15, -0.1) is 0 Å². The number of hydrogen-bond acceptors (Lipinski definition) is 2. The van der Waals surface area contributed by atoms with E-state index in [-0.39, 0.29) is 5.78 Å². The van der Waals surface area contributed by atoms with E-state index in [2.05, 4.69) is 34.3 Å². The van der Waals surface area contributed by atoms with Gasteiger partial charge in [-0.05, 0) is 51.5 Å². The van der Waals surface area contributed by atoms with E-state index in [9.17, 15) is 10.3 Å². The number of fused-ring (bicyclic) bond motifs is 2. The van der Waals surface area contributed by atoms with Gasteiger partial charge in [0.2, 0.25) is 0 Å². The minimum atomic E-state index is -0.850. The van der Waals surface area contributed by atoms with E-state index in [0.717, 1.165) is 46.4 Å². The zero-order valence-electron chi connectivity index (χ0n) is 17.2. The molecule has 0 heterocycles. The molecule has 0 unspecified atom stereocenters. The van der Waals surface area contributed by atoms with E-state index in [1.54, 1.807) is 0 Å². The normalized spacial score (nSPS) is 21.0. The van der Waals surface area contributed by atoms with Crippen molar-refractivity contribution in [2.45, 2.75) is 37.1 Å². The van der Waals surface area contributed by atoms with Gasteiger partial charge in [0.15, 0.2) is 5.78 Å². The van der Waals surface area contributed by atoms with Crippen molar-refractivity contribution in [3.63, 3.8) is 0 Å². The highest BCUT2D eigenvalue weighted by molar-refractivity contribution is 6.07. The summed E-state index contributed by atoms with van der Waals surface area (Å²) in [5, 5.41) is 8.54. The molecule has 4 aromatic rings. The van der Waals surface area contributed by atoms with Crippen LogP contribution in [0.2, 0.25) is 0 Å². The summed E-state index contributed by atoms with van der Waals surface area (Å²) in [5.74, 6) is 0.0469. The Morgan fingerprint density at radius 2 is 1.48 bits per heavy atom. The van der Waals surface area contributed by atoms with Crippen LogP contribution in [0.5, 0.6) is 0 Å². The van der Waals surface area contributed by atoms with Gasteiger partial charge in [0.05, 0.1) is 11.5 Å². The van der Waals surface area contributed by atoms with Crippen molar-refractivity contribution in [3.8, 4) is 0 Å². The number of benzene rings is 4. The predicted octanol–water partition coefficient (Wildman–Crippen LogP) is 7.37. The Kier molecular flexibility index (Phi) is 4.93. The van der Waals surface area contributed by atoms with Crippen LogP contribution in [0.4, 0.5) is 0 Å². The van der Waals surface area contributed by atoms with Crippen LogP contribution in [0, 0.1) is 0 Å². The largest absolute Gasteiger partial charge is 0.293 e. The van der Waals surface area contributed by atoms with Gasteiger partial charge in [0.1, 0.15) is 0 Å². The molecule has 0 aliphatic heterocycles. The number of ketones is 1. The molecule has 1 saturated carbocycles.